The summed E-state index contributed by atoms with van der Waals surface area (Å²) in [5.41, 5.74) is 1.91. The molecule has 1 unspecified atom stereocenters. The number of Topliss-reactive ketones (excluding diaryl/α,β-unsaturated/α-hetero) is 1. The molecule has 1 aliphatic heterocycles. The van der Waals surface area contributed by atoms with Gasteiger partial charge in [-0.25, -0.2) is 0 Å². The molecule has 5 rings (SSSR count). The van der Waals surface area contributed by atoms with Crippen LogP contribution >= 0.6 is 62.2 Å². The van der Waals surface area contributed by atoms with E-state index >= 15 is 0 Å². The lowest BCUT2D eigenvalue weighted by Crippen LogP contribution is -2.29. The van der Waals surface area contributed by atoms with Crippen LogP contribution in [0.5, 0.6) is 0 Å². The molecule has 1 amide bonds. The van der Waals surface area contributed by atoms with Gasteiger partial charge in [0.1, 0.15) is 5.76 Å². The van der Waals surface area contributed by atoms with Crippen molar-refractivity contribution in [2.75, 3.05) is 4.90 Å². The maximum absolute atomic E-state index is 13.3. The number of amides is 1. The van der Waals surface area contributed by atoms with E-state index in [4.69, 9.17) is 23.2 Å². The zero-order valence-electron chi connectivity index (χ0n) is 18.8. The van der Waals surface area contributed by atoms with Gasteiger partial charge in [0, 0.05) is 25.8 Å². The quantitative estimate of drug-likeness (QED) is 0.0778. The average molecular weight is 633 g/mol. The molecule has 0 spiro atoms. The van der Waals surface area contributed by atoms with Gasteiger partial charge in [-0.3, -0.25) is 14.5 Å². The Bertz CT molecular complexity index is 1540. The summed E-state index contributed by atoms with van der Waals surface area (Å²) in [7, 11) is 0. The van der Waals surface area contributed by atoms with Gasteiger partial charge >= 0.3 is 5.91 Å². The Balaban J connectivity index is 1.55. The first-order chi connectivity index (χ1) is 17.8. The van der Waals surface area contributed by atoms with E-state index in [1.54, 1.807) is 42.5 Å². The molecule has 6 nitrogen and oxygen atoms in total. The van der Waals surface area contributed by atoms with Crippen LogP contribution in [0.3, 0.4) is 0 Å². The predicted molar refractivity (Wildman–Crippen MR) is 151 cm³/mol. The topological polar surface area (TPSA) is 83.4 Å². The minimum absolute atomic E-state index is 0.0362. The van der Waals surface area contributed by atoms with Gasteiger partial charge in [-0.05, 0) is 53.6 Å². The summed E-state index contributed by atoms with van der Waals surface area (Å²) < 4.78 is 1.37. The summed E-state index contributed by atoms with van der Waals surface area (Å²) in [5.74, 6) is -1.32. The fraction of sp³-hybridized carbons (Fsp3) is 0.0769. The maximum Gasteiger partial charge on any atom is 0.301 e. The second kappa shape index (κ2) is 11.0. The molecule has 1 aromatic heterocycles. The molecule has 2 heterocycles. The van der Waals surface area contributed by atoms with E-state index in [9.17, 15) is 14.7 Å². The van der Waals surface area contributed by atoms with Gasteiger partial charge in [-0.1, -0.05) is 92.6 Å². The summed E-state index contributed by atoms with van der Waals surface area (Å²) in [6, 6.07) is 20.2. The van der Waals surface area contributed by atoms with E-state index in [0.717, 1.165) is 10.0 Å². The number of rotatable bonds is 6. The van der Waals surface area contributed by atoms with E-state index in [2.05, 4.69) is 26.1 Å². The number of hydrogen-bond donors (Lipinski definition) is 1. The lowest BCUT2D eigenvalue weighted by molar-refractivity contribution is -0.132. The number of carbonyl (C=O) groups is 2. The average Bonchev–Trinajstić information content (AvgIpc) is 3.46. The first-order valence-corrected chi connectivity index (χ1v) is 14.2. The third-order valence-corrected chi connectivity index (χ3v) is 8.86. The summed E-state index contributed by atoms with van der Waals surface area (Å²) in [6.45, 7) is 0. The molecule has 0 aliphatic carbocycles. The smallest absolute Gasteiger partial charge is 0.301 e. The molecule has 4 aromatic rings. The maximum atomic E-state index is 13.3. The van der Waals surface area contributed by atoms with Crippen molar-refractivity contribution in [2.24, 2.45) is 0 Å². The van der Waals surface area contributed by atoms with Crippen LogP contribution in [0.2, 0.25) is 10.0 Å². The Morgan fingerprint density at radius 1 is 1.03 bits per heavy atom. The molecule has 0 saturated carbocycles. The second-order valence-electron chi connectivity index (χ2n) is 7.96. The fourth-order valence-corrected chi connectivity index (χ4v) is 6.59. The summed E-state index contributed by atoms with van der Waals surface area (Å²) in [5, 5.41) is 21.0. The summed E-state index contributed by atoms with van der Waals surface area (Å²) >= 11 is 18.3. The minimum atomic E-state index is -0.900. The fourth-order valence-electron chi connectivity index (χ4n) is 3.90. The van der Waals surface area contributed by atoms with Crippen LogP contribution in [0.1, 0.15) is 22.7 Å². The Kier molecular flexibility index (Phi) is 7.69. The molecule has 0 radical (unpaired) electrons. The van der Waals surface area contributed by atoms with Crippen LogP contribution < -0.4 is 4.90 Å². The van der Waals surface area contributed by atoms with Crippen LogP contribution in [0.15, 0.2) is 87.2 Å². The highest BCUT2D eigenvalue weighted by Gasteiger charge is 2.48. The molecule has 3 aromatic carbocycles. The van der Waals surface area contributed by atoms with E-state index < -0.39 is 17.7 Å². The van der Waals surface area contributed by atoms with Gasteiger partial charge in [-0.15, -0.1) is 10.2 Å². The van der Waals surface area contributed by atoms with Crippen molar-refractivity contribution in [3.8, 4) is 0 Å². The second-order valence-corrected chi connectivity index (χ2v) is 11.9. The van der Waals surface area contributed by atoms with Gasteiger partial charge in [0.25, 0.3) is 5.78 Å². The van der Waals surface area contributed by atoms with Gasteiger partial charge in [-0.2, -0.15) is 0 Å². The number of aliphatic hydroxyl groups is 1. The van der Waals surface area contributed by atoms with Crippen molar-refractivity contribution in [1.82, 2.24) is 10.2 Å². The van der Waals surface area contributed by atoms with Gasteiger partial charge in [0.2, 0.25) is 5.13 Å². The number of nitrogens with zero attached hydrogens (tertiary/aromatic N) is 3. The highest BCUT2D eigenvalue weighted by Crippen LogP contribution is 2.44. The normalized spacial score (nSPS) is 16.9. The van der Waals surface area contributed by atoms with Gasteiger partial charge in [0.15, 0.2) is 4.34 Å². The standard InChI is InChI=1S/C26H16BrCl2N3O3S2/c27-17-6-3-5-15(12-17)21-20(22(33)14-8-10-18(28)11-9-14)23(34)24(35)32(21)25-30-31-26(37-25)36-13-16-4-1-2-7-19(16)29/h1-12,21,33H,13H2/b22-20-. The molecule has 37 heavy (non-hydrogen) atoms. The third-order valence-electron chi connectivity index (χ3n) is 5.64. The van der Waals surface area contributed by atoms with Crippen LogP contribution in [-0.4, -0.2) is 27.0 Å². The Morgan fingerprint density at radius 3 is 2.51 bits per heavy atom. The lowest BCUT2D eigenvalue weighted by Gasteiger charge is -2.22. The number of benzene rings is 3. The Labute approximate surface area is 239 Å². The molecule has 0 bridgehead atoms. The largest absolute Gasteiger partial charge is 0.507 e. The SMILES string of the molecule is O=C1C(=O)N(c2nnc(SCc3ccccc3Cl)s2)C(c2cccc(Br)c2)/C1=C(/O)c1ccc(Cl)cc1. The zero-order valence-corrected chi connectivity index (χ0v) is 23.5. The number of carbonyl (C=O) groups excluding carboxylic acids is 2. The minimum Gasteiger partial charge on any atom is -0.507 e. The zero-order chi connectivity index (χ0) is 26.1. The lowest BCUT2D eigenvalue weighted by atomic mass is 9.95. The predicted octanol–water partition coefficient (Wildman–Crippen LogP) is 7.53. The molecule has 1 atom stereocenters. The van der Waals surface area contributed by atoms with Gasteiger partial charge < -0.3 is 5.11 Å². The van der Waals surface area contributed by atoms with E-state index in [-0.39, 0.29) is 16.5 Å². The molecule has 1 saturated heterocycles. The molecular formula is C26H16BrCl2N3O3S2. The van der Waals surface area contributed by atoms with Crippen LogP contribution in [0.4, 0.5) is 5.13 Å². The van der Waals surface area contributed by atoms with E-state index in [1.165, 1.54) is 28.0 Å². The van der Waals surface area contributed by atoms with E-state index in [1.807, 2.05) is 30.3 Å². The molecule has 1 fully saturated rings. The number of aromatic nitrogens is 2. The third kappa shape index (κ3) is 5.32. The number of ketones is 1. The number of halogens is 3. The monoisotopic (exact) mass is 631 g/mol. The first kappa shape index (κ1) is 25.9. The highest BCUT2D eigenvalue weighted by molar-refractivity contribution is 9.10. The molecular weight excluding hydrogens is 617 g/mol. The van der Waals surface area contributed by atoms with Crippen LogP contribution in [-0.2, 0) is 15.3 Å². The van der Waals surface area contributed by atoms with Crippen molar-refractivity contribution in [2.45, 2.75) is 16.1 Å². The van der Waals surface area contributed by atoms with Crippen molar-refractivity contribution in [1.29, 1.82) is 0 Å². The highest BCUT2D eigenvalue weighted by atomic mass is 79.9. The van der Waals surface area contributed by atoms with Crippen LogP contribution in [0.25, 0.3) is 5.76 Å². The number of hydrogen-bond acceptors (Lipinski definition) is 7. The van der Waals surface area contributed by atoms with E-state index in [0.29, 0.717) is 31.3 Å². The number of anilines is 1. The summed E-state index contributed by atoms with van der Waals surface area (Å²) in [6.07, 6.45) is 0. The first-order valence-electron chi connectivity index (χ1n) is 10.9. The number of thioether (sulfide) groups is 1. The summed E-state index contributed by atoms with van der Waals surface area (Å²) in [4.78, 5) is 27.9. The van der Waals surface area contributed by atoms with Crippen molar-refractivity contribution in [3.63, 3.8) is 0 Å². The van der Waals surface area contributed by atoms with Crippen LogP contribution in [0, 0.1) is 0 Å². The van der Waals surface area contributed by atoms with Gasteiger partial charge in [0.05, 0.1) is 11.6 Å². The van der Waals surface area contributed by atoms with Crippen molar-refractivity contribution < 1.29 is 14.7 Å². The Morgan fingerprint density at radius 2 is 1.78 bits per heavy atom. The number of aliphatic hydroxyl groups excluding tert-OH is 1. The molecule has 1 N–H and O–H groups in total. The van der Waals surface area contributed by atoms with Crippen molar-refractivity contribution in [3.05, 3.63) is 110 Å². The van der Waals surface area contributed by atoms with Crippen molar-refractivity contribution >= 4 is 84.8 Å². The molecule has 186 valence electrons. The molecule has 1 aliphatic rings. The Hall–Kier alpha value is -2.69. The molecule has 11 heteroatoms.